The van der Waals surface area contributed by atoms with E-state index in [1.165, 1.54) is 205 Å². The molecule has 0 N–H and O–H groups in total. The van der Waals surface area contributed by atoms with Gasteiger partial charge in [-0.2, -0.15) is 0 Å². The highest BCUT2D eigenvalue weighted by molar-refractivity contribution is 5.71. The van der Waals surface area contributed by atoms with E-state index in [4.69, 9.17) is 14.2 Å². The maximum atomic E-state index is 12.8. The number of ether oxygens (including phenoxy) is 3. The minimum atomic E-state index is -0.760. The number of hydrogen-bond donors (Lipinski definition) is 0. The Morgan fingerprint density at radius 1 is 0.311 bits per heavy atom. The van der Waals surface area contributed by atoms with Crippen LogP contribution in [0.3, 0.4) is 0 Å². The fourth-order valence-electron chi connectivity index (χ4n) is 8.39. The summed E-state index contributed by atoms with van der Waals surface area (Å²) >= 11 is 0. The van der Waals surface area contributed by atoms with E-state index in [1.807, 2.05) is 0 Å². The van der Waals surface area contributed by atoms with Crippen molar-refractivity contribution in [2.24, 2.45) is 5.92 Å². The molecule has 0 aromatic carbocycles. The number of esters is 3. The zero-order valence-electron chi connectivity index (χ0n) is 41.6. The van der Waals surface area contributed by atoms with Gasteiger partial charge in [-0.3, -0.25) is 14.4 Å². The van der Waals surface area contributed by atoms with Crippen LogP contribution in [-0.4, -0.2) is 37.2 Å². The van der Waals surface area contributed by atoms with Gasteiger partial charge in [-0.15, -0.1) is 0 Å². The van der Waals surface area contributed by atoms with Crippen molar-refractivity contribution in [3.63, 3.8) is 0 Å². The average Bonchev–Trinajstić information content (AvgIpc) is 3.24. The predicted octanol–water partition coefficient (Wildman–Crippen LogP) is 17.8. The lowest BCUT2D eigenvalue weighted by Gasteiger charge is -2.18. The molecule has 0 saturated carbocycles. The van der Waals surface area contributed by atoms with Crippen LogP contribution in [0.25, 0.3) is 0 Å². The fraction of sp³-hybridized carbons (Fsp3) is 0.945. The second kappa shape index (κ2) is 49.4. The number of carbonyl (C=O) groups excluding carboxylic acids is 3. The van der Waals surface area contributed by atoms with Crippen molar-refractivity contribution in [1.82, 2.24) is 0 Å². The molecule has 0 saturated heterocycles. The van der Waals surface area contributed by atoms with Crippen molar-refractivity contribution >= 4 is 17.9 Å². The molecule has 0 fully saturated rings. The molecule has 0 aliphatic rings. The Labute approximate surface area is 380 Å². The first-order valence-electron chi connectivity index (χ1n) is 27.4. The average molecular weight is 863 g/mol. The Balaban J connectivity index is 4.16. The van der Waals surface area contributed by atoms with Gasteiger partial charge in [0.15, 0.2) is 6.10 Å². The molecule has 0 aliphatic carbocycles. The zero-order valence-corrected chi connectivity index (χ0v) is 41.6. The van der Waals surface area contributed by atoms with Crippen LogP contribution in [0.15, 0.2) is 0 Å². The van der Waals surface area contributed by atoms with E-state index in [0.29, 0.717) is 19.3 Å². The molecular weight excluding hydrogens is 757 g/mol. The summed E-state index contributed by atoms with van der Waals surface area (Å²) in [7, 11) is 0. The van der Waals surface area contributed by atoms with Gasteiger partial charge in [-0.25, -0.2) is 0 Å². The van der Waals surface area contributed by atoms with Gasteiger partial charge >= 0.3 is 17.9 Å². The Morgan fingerprint density at radius 3 is 0.803 bits per heavy atom. The Kier molecular flexibility index (Phi) is 48.1. The summed E-state index contributed by atoms with van der Waals surface area (Å²) in [4.78, 5) is 37.9. The van der Waals surface area contributed by atoms with Gasteiger partial charge < -0.3 is 14.2 Å². The number of hydrogen-bond acceptors (Lipinski definition) is 6. The summed E-state index contributed by atoms with van der Waals surface area (Å²) in [5.74, 6) is -0.00281. The van der Waals surface area contributed by atoms with Crippen LogP contribution in [0.1, 0.15) is 310 Å². The largest absolute Gasteiger partial charge is 0.462 e. The van der Waals surface area contributed by atoms with Crippen molar-refractivity contribution in [2.45, 2.75) is 316 Å². The number of carbonyl (C=O) groups is 3. The third-order valence-electron chi connectivity index (χ3n) is 12.5. The van der Waals surface area contributed by atoms with Crippen LogP contribution in [0.5, 0.6) is 0 Å². The molecule has 0 aromatic rings. The van der Waals surface area contributed by atoms with E-state index >= 15 is 0 Å². The summed E-state index contributed by atoms with van der Waals surface area (Å²) in [6.45, 7) is 9.01. The van der Waals surface area contributed by atoms with Crippen LogP contribution in [0.2, 0.25) is 0 Å². The molecule has 0 radical (unpaired) electrons. The first kappa shape index (κ1) is 59.4. The molecule has 0 amide bonds. The lowest BCUT2D eigenvalue weighted by Crippen LogP contribution is -2.30. The monoisotopic (exact) mass is 863 g/mol. The molecule has 6 nitrogen and oxygen atoms in total. The zero-order chi connectivity index (χ0) is 44.5. The van der Waals surface area contributed by atoms with Crippen molar-refractivity contribution in [2.75, 3.05) is 13.2 Å². The molecule has 0 bridgehead atoms. The van der Waals surface area contributed by atoms with Crippen molar-refractivity contribution in [1.29, 1.82) is 0 Å². The highest BCUT2D eigenvalue weighted by Crippen LogP contribution is 2.18. The summed E-state index contributed by atoms with van der Waals surface area (Å²) in [6.07, 6.45) is 52.5. The predicted molar refractivity (Wildman–Crippen MR) is 261 cm³/mol. The van der Waals surface area contributed by atoms with Gasteiger partial charge in [0.05, 0.1) is 0 Å². The van der Waals surface area contributed by atoms with Crippen molar-refractivity contribution in [3.8, 4) is 0 Å². The van der Waals surface area contributed by atoms with Gasteiger partial charge in [-0.05, 0) is 25.2 Å². The first-order chi connectivity index (χ1) is 29.9. The van der Waals surface area contributed by atoms with E-state index in [0.717, 1.165) is 63.7 Å². The van der Waals surface area contributed by atoms with Gasteiger partial charge in [0, 0.05) is 19.3 Å². The van der Waals surface area contributed by atoms with Crippen LogP contribution in [0, 0.1) is 5.92 Å². The van der Waals surface area contributed by atoms with E-state index < -0.39 is 6.10 Å². The molecule has 1 atom stereocenters. The highest BCUT2D eigenvalue weighted by Gasteiger charge is 2.19. The Hall–Kier alpha value is -1.59. The molecule has 6 heteroatoms. The fourth-order valence-corrected chi connectivity index (χ4v) is 8.39. The number of rotatable bonds is 50. The van der Waals surface area contributed by atoms with Gasteiger partial charge in [0.2, 0.25) is 0 Å². The second-order valence-electron chi connectivity index (χ2n) is 19.3. The van der Waals surface area contributed by atoms with E-state index in [1.54, 1.807) is 0 Å². The molecule has 61 heavy (non-hydrogen) atoms. The second-order valence-corrected chi connectivity index (χ2v) is 19.3. The molecular formula is C55H106O6. The smallest absolute Gasteiger partial charge is 0.306 e. The first-order valence-corrected chi connectivity index (χ1v) is 27.4. The summed E-state index contributed by atoms with van der Waals surface area (Å²) in [6, 6.07) is 0. The minimum Gasteiger partial charge on any atom is -0.462 e. The van der Waals surface area contributed by atoms with Crippen molar-refractivity contribution < 1.29 is 28.6 Å². The summed E-state index contributed by atoms with van der Waals surface area (Å²) in [5.41, 5.74) is 0. The minimum absolute atomic E-state index is 0.0629. The van der Waals surface area contributed by atoms with E-state index in [2.05, 4.69) is 27.7 Å². The van der Waals surface area contributed by atoms with Gasteiger partial charge in [0.1, 0.15) is 13.2 Å². The van der Waals surface area contributed by atoms with Gasteiger partial charge in [0.25, 0.3) is 0 Å². The Morgan fingerprint density at radius 2 is 0.541 bits per heavy atom. The third kappa shape index (κ3) is 49.3. The van der Waals surface area contributed by atoms with Crippen LogP contribution < -0.4 is 0 Å². The SMILES string of the molecule is CCCCCCCCCCCCCCCCCCCCCC(=O)O[C@@H](COC(=O)CCCCCCCCC)COC(=O)CCCCCCCCCCCCCCCCC(C)C. The molecule has 0 unspecified atom stereocenters. The molecule has 362 valence electrons. The molecule has 0 spiro atoms. The normalized spacial score (nSPS) is 12.0. The molecule has 0 aromatic heterocycles. The maximum absolute atomic E-state index is 12.8. The maximum Gasteiger partial charge on any atom is 0.306 e. The van der Waals surface area contributed by atoms with Crippen LogP contribution >= 0.6 is 0 Å². The van der Waals surface area contributed by atoms with E-state index in [9.17, 15) is 14.4 Å². The lowest BCUT2D eigenvalue weighted by molar-refractivity contribution is -0.167. The molecule has 0 aliphatic heterocycles. The van der Waals surface area contributed by atoms with Crippen LogP contribution in [-0.2, 0) is 28.6 Å². The van der Waals surface area contributed by atoms with Gasteiger partial charge in [-0.1, -0.05) is 272 Å². The van der Waals surface area contributed by atoms with E-state index in [-0.39, 0.29) is 31.1 Å². The highest BCUT2D eigenvalue weighted by atomic mass is 16.6. The van der Waals surface area contributed by atoms with Crippen molar-refractivity contribution in [3.05, 3.63) is 0 Å². The molecule has 0 heterocycles. The quantitative estimate of drug-likeness (QED) is 0.0344. The van der Waals surface area contributed by atoms with Crippen LogP contribution in [0.4, 0.5) is 0 Å². The lowest BCUT2D eigenvalue weighted by atomic mass is 10.0. The summed E-state index contributed by atoms with van der Waals surface area (Å²) in [5, 5.41) is 0. The Bertz CT molecular complexity index is 918. The molecule has 0 rings (SSSR count). The topological polar surface area (TPSA) is 78.9 Å². The third-order valence-corrected chi connectivity index (χ3v) is 12.5. The number of unbranched alkanes of at least 4 members (excludes halogenated alkanes) is 37. The standard InChI is InChI=1S/C55H106O6/c1-5-7-9-11-13-14-15-16-17-18-19-20-21-26-29-32-36-40-44-48-55(58)61-52(49-59-53(56)46-42-38-33-12-10-8-6-2)50-60-54(57)47-43-39-35-31-28-25-23-22-24-27-30-34-37-41-45-51(3)4/h51-52H,5-50H2,1-4H3/t52-/m0/s1. The summed E-state index contributed by atoms with van der Waals surface area (Å²) < 4.78 is 16.8.